The number of aromatic nitrogens is 2. The summed E-state index contributed by atoms with van der Waals surface area (Å²) in [4.78, 5) is 19.1. The van der Waals surface area contributed by atoms with E-state index in [1.807, 2.05) is 0 Å². The summed E-state index contributed by atoms with van der Waals surface area (Å²) >= 11 is 0.445. The first-order valence-electron chi connectivity index (χ1n) is 6.23. The Morgan fingerprint density at radius 1 is 1.22 bits per heavy atom. The van der Waals surface area contributed by atoms with Crippen LogP contribution < -0.4 is 5.32 Å². The maximum absolute atomic E-state index is 13.4. The second kappa shape index (κ2) is 5.58. The molecular weight excluding hydrogens is 334 g/mol. The molecule has 0 radical (unpaired) electrons. The van der Waals surface area contributed by atoms with Crippen molar-refractivity contribution in [3.63, 3.8) is 0 Å². The fourth-order valence-corrected chi connectivity index (χ4v) is 2.73. The molecular formula is C14H7F4N3OS. The first kappa shape index (κ1) is 15.3. The fraction of sp³-hybridized carbons (Fsp3) is 0.0714. The molecule has 0 aliphatic rings. The van der Waals surface area contributed by atoms with Crippen molar-refractivity contribution in [3.05, 3.63) is 53.0 Å². The number of nitrogens with zero attached hydrogens (tertiary/aromatic N) is 2. The molecule has 0 bridgehead atoms. The van der Waals surface area contributed by atoms with Crippen molar-refractivity contribution < 1.29 is 22.4 Å². The average Bonchev–Trinajstić information content (AvgIpc) is 2.92. The summed E-state index contributed by atoms with van der Waals surface area (Å²) in [7, 11) is 0. The van der Waals surface area contributed by atoms with Gasteiger partial charge in [-0.2, -0.15) is 13.2 Å². The first-order valence-corrected chi connectivity index (χ1v) is 7.05. The summed E-state index contributed by atoms with van der Waals surface area (Å²) in [6, 6.07) is 5.21. The fourth-order valence-electron chi connectivity index (χ4n) is 1.86. The van der Waals surface area contributed by atoms with Crippen molar-refractivity contribution in [3.8, 4) is 0 Å². The van der Waals surface area contributed by atoms with Crippen LogP contribution in [0.25, 0.3) is 10.2 Å². The molecule has 118 valence electrons. The zero-order valence-corrected chi connectivity index (χ0v) is 12.0. The highest BCUT2D eigenvalue weighted by Crippen LogP contribution is 2.35. The third-order valence-corrected chi connectivity index (χ3v) is 3.98. The Bertz CT molecular complexity index is 891. The van der Waals surface area contributed by atoms with E-state index in [1.165, 1.54) is 30.5 Å². The number of hydrogen-bond donors (Lipinski definition) is 1. The Morgan fingerprint density at radius 2 is 2.00 bits per heavy atom. The Labute approximate surface area is 130 Å². The van der Waals surface area contributed by atoms with Gasteiger partial charge in [-0.15, -0.1) is 11.3 Å². The number of nitrogens with one attached hydrogen (secondary N) is 1. The standard InChI is InChI=1S/C14H7F4N3OS/c15-8-6-19-4-3-9(8)20-12(22)7-1-2-10-11(5-7)23-13(21-10)14(16,17)18/h1-6H,(H,19,20,22). The van der Waals surface area contributed by atoms with Crippen molar-refractivity contribution in [1.82, 2.24) is 9.97 Å². The van der Waals surface area contributed by atoms with E-state index in [2.05, 4.69) is 15.3 Å². The zero-order chi connectivity index (χ0) is 16.6. The van der Waals surface area contributed by atoms with E-state index in [4.69, 9.17) is 0 Å². The minimum absolute atomic E-state index is 0.0645. The van der Waals surface area contributed by atoms with Crippen LogP contribution in [0.15, 0.2) is 36.7 Å². The Kier molecular flexibility index (Phi) is 3.72. The van der Waals surface area contributed by atoms with Gasteiger partial charge in [0.05, 0.1) is 22.1 Å². The summed E-state index contributed by atoms with van der Waals surface area (Å²) in [6.45, 7) is 0. The summed E-state index contributed by atoms with van der Waals surface area (Å²) in [6.07, 6.45) is -2.29. The largest absolute Gasteiger partial charge is 0.443 e. The molecule has 0 aliphatic carbocycles. The van der Waals surface area contributed by atoms with Gasteiger partial charge in [-0.1, -0.05) is 0 Å². The number of amides is 1. The number of rotatable bonds is 2. The minimum Gasteiger partial charge on any atom is -0.319 e. The van der Waals surface area contributed by atoms with E-state index >= 15 is 0 Å². The van der Waals surface area contributed by atoms with E-state index in [9.17, 15) is 22.4 Å². The number of thiazole rings is 1. The predicted octanol–water partition coefficient (Wildman–Crippen LogP) is 4.10. The lowest BCUT2D eigenvalue weighted by Crippen LogP contribution is -2.12. The first-order chi connectivity index (χ1) is 10.8. The topological polar surface area (TPSA) is 54.9 Å². The highest BCUT2D eigenvalue weighted by atomic mass is 32.1. The van der Waals surface area contributed by atoms with Gasteiger partial charge in [0.15, 0.2) is 10.8 Å². The third kappa shape index (κ3) is 3.14. The lowest BCUT2D eigenvalue weighted by Gasteiger charge is -2.05. The second-order valence-corrected chi connectivity index (χ2v) is 5.54. The van der Waals surface area contributed by atoms with Gasteiger partial charge in [0.1, 0.15) is 0 Å². The normalized spacial score (nSPS) is 11.7. The number of benzene rings is 1. The molecule has 0 spiro atoms. The highest BCUT2D eigenvalue weighted by Gasteiger charge is 2.34. The summed E-state index contributed by atoms with van der Waals surface area (Å²) in [5.74, 6) is -1.35. The van der Waals surface area contributed by atoms with Crippen molar-refractivity contribution in [2.24, 2.45) is 0 Å². The van der Waals surface area contributed by atoms with Gasteiger partial charge < -0.3 is 5.32 Å². The van der Waals surface area contributed by atoms with Crippen LogP contribution in [0.5, 0.6) is 0 Å². The summed E-state index contributed by atoms with van der Waals surface area (Å²) in [5.41, 5.74) is 0.186. The van der Waals surface area contributed by atoms with Crippen LogP contribution in [-0.2, 0) is 6.18 Å². The maximum Gasteiger partial charge on any atom is 0.443 e. The second-order valence-electron chi connectivity index (χ2n) is 4.51. The smallest absolute Gasteiger partial charge is 0.319 e. The molecule has 0 fully saturated rings. The molecule has 0 saturated carbocycles. The molecule has 0 unspecified atom stereocenters. The molecule has 0 atom stereocenters. The Morgan fingerprint density at radius 3 is 2.70 bits per heavy atom. The van der Waals surface area contributed by atoms with Crippen LogP contribution in [0.1, 0.15) is 15.4 Å². The lowest BCUT2D eigenvalue weighted by atomic mass is 10.2. The van der Waals surface area contributed by atoms with Gasteiger partial charge in [0.2, 0.25) is 0 Å². The van der Waals surface area contributed by atoms with Gasteiger partial charge in [0, 0.05) is 11.8 Å². The number of halogens is 4. The van der Waals surface area contributed by atoms with E-state index < -0.39 is 22.9 Å². The van der Waals surface area contributed by atoms with Crippen molar-refractivity contribution in [1.29, 1.82) is 0 Å². The number of carbonyl (C=O) groups is 1. The predicted molar refractivity (Wildman–Crippen MR) is 76.8 cm³/mol. The molecule has 0 aliphatic heterocycles. The molecule has 9 heteroatoms. The Balaban J connectivity index is 1.91. The third-order valence-electron chi connectivity index (χ3n) is 2.91. The number of anilines is 1. The number of alkyl halides is 3. The van der Waals surface area contributed by atoms with Crippen LogP contribution in [0.2, 0.25) is 0 Å². The number of fused-ring (bicyclic) bond motifs is 1. The molecule has 3 rings (SSSR count). The van der Waals surface area contributed by atoms with Gasteiger partial charge in [0.25, 0.3) is 5.91 Å². The molecule has 3 aromatic rings. The minimum atomic E-state index is -4.54. The van der Waals surface area contributed by atoms with E-state index in [0.717, 1.165) is 6.20 Å². The van der Waals surface area contributed by atoms with E-state index in [-0.39, 0.29) is 21.5 Å². The molecule has 0 saturated heterocycles. The van der Waals surface area contributed by atoms with E-state index in [0.29, 0.717) is 11.3 Å². The van der Waals surface area contributed by atoms with Gasteiger partial charge in [-0.3, -0.25) is 9.78 Å². The molecule has 1 N–H and O–H groups in total. The summed E-state index contributed by atoms with van der Waals surface area (Å²) in [5, 5.41) is 1.36. The summed E-state index contributed by atoms with van der Waals surface area (Å²) < 4.78 is 51.6. The number of carbonyl (C=O) groups excluding carboxylic acids is 1. The monoisotopic (exact) mass is 341 g/mol. The van der Waals surface area contributed by atoms with Crippen molar-refractivity contribution in [2.45, 2.75) is 6.18 Å². The number of pyridine rings is 1. The maximum atomic E-state index is 13.4. The lowest BCUT2D eigenvalue weighted by molar-refractivity contribution is -0.137. The van der Waals surface area contributed by atoms with Crippen molar-refractivity contribution >= 4 is 33.1 Å². The molecule has 4 nitrogen and oxygen atoms in total. The van der Waals surface area contributed by atoms with Crippen LogP contribution in [0.4, 0.5) is 23.2 Å². The van der Waals surface area contributed by atoms with Gasteiger partial charge >= 0.3 is 6.18 Å². The quantitative estimate of drug-likeness (QED) is 0.714. The molecule has 1 amide bonds. The zero-order valence-electron chi connectivity index (χ0n) is 11.2. The molecule has 2 aromatic heterocycles. The van der Waals surface area contributed by atoms with Gasteiger partial charge in [-0.05, 0) is 24.3 Å². The Hall–Kier alpha value is -2.55. The average molecular weight is 341 g/mol. The van der Waals surface area contributed by atoms with Crippen LogP contribution in [0.3, 0.4) is 0 Å². The SMILES string of the molecule is O=C(Nc1ccncc1F)c1ccc2nc(C(F)(F)F)sc2c1. The number of hydrogen-bond acceptors (Lipinski definition) is 4. The molecule has 2 heterocycles. The highest BCUT2D eigenvalue weighted by molar-refractivity contribution is 7.18. The van der Waals surface area contributed by atoms with Crippen LogP contribution in [0, 0.1) is 5.82 Å². The molecule has 1 aromatic carbocycles. The van der Waals surface area contributed by atoms with Crippen LogP contribution >= 0.6 is 11.3 Å². The van der Waals surface area contributed by atoms with E-state index in [1.54, 1.807) is 0 Å². The van der Waals surface area contributed by atoms with Crippen LogP contribution in [-0.4, -0.2) is 15.9 Å². The van der Waals surface area contributed by atoms with Crippen molar-refractivity contribution in [2.75, 3.05) is 5.32 Å². The van der Waals surface area contributed by atoms with Gasteiger partial charge in [-0.25, -0.2) is 9.37 Å². The molecule has 23 heavy (non-hydrogen) atoms.